The monoisotopic (exact) mass is 193 g/mol. The highest BCUT2D eigenvalue weighted by Crippen LogP contribution is 2.25. The second kappa shape index (κ2) is 3.40. The normalized spacial score (nSPS) is 16.4. The first-order valence-electron chi connectivity index (χ1n) is 4.72. The zero-order valence-corrected chi connectivity index (χ0v) is 8.09. The lowest BCUT2D eigenvalue weighted by Gasteiger charge is -2.18. The second-order valence-corrected chi connectivity index (χ2v) is 3.61. The molecule has 2 nitrogen and oxygen atoms in total. The van der Waals surface area contributed by atoms with Crippen molar-refractivity contribution in [1.29, 1.82) is 0 Å². The SMILES string of the molecule is CN1CCCC(=O)c2cc(F)ccc21. The number of anilines is 1. The summed E-state index contributed by atoms with van der Waals surface area (Å²) in [5.41, 5.74) is 1.36. The highest BCUT2D eigenvalue weighted by atomic mass is 19.1. The van der Waals surface area contributed by atoms with Gasteiger partial charge in [-0.3, -0.25) is 4.79 Å². The molecular formula is C11H12FNO. The number of nitrogens with zero attached hydrogens (tertiary/aromatic N) is 1. The van der Waals surface area contributed by atoms with Crippen LogP contribution in [0.3, 0.4) is 0 Å². The Kier molecular flexibility index (Phi) is 2.23. The molecule has 0 bridgehead atoms. The van der Waals surface area contributed by atoms with Gasteiger partial charge in [-0.15, -0.1) is 0 Å². The lowest BCUT2D eigenvalue weighted by Crippen LogP contribution is -2.17. The number of carbonyl (C=O) groups excluding carboxylic acids is 1. The molecule has 1 aromatic rings. The Balaban J connectivity index is 2.54. The molecule has 0 saturated carbocycles. The molecule has 0 amide bonds. The van der Waals surface area contributed by atoms with E-state index in [0.29, 0.717) is 12.0 Å². The van der Waals surface area contributed by atoms with Crippen molar-refractivity contribution in [3.8, 4) is 0 Å². The van der Waals surface area contributed by atoms with Crippen LogP contribution in [0.25, 0.3) is 0 Å². The molecule has 0 aliphatic carbocycles. The molecule has 0 aromatic heterocycles. The molecule has 1 aromatic carbocycles. The number of rotatable bonds is 0. The number of benzene rings is 1. The number of hydrogen-bond donors (Lipinski definition) is 0. The van der Waals surface area contributed by atoms with Gasteiger partial charge in [0.1, 0.15) is 5.82 Å². The third-order valence-electron chi connectivity index (χ3n) is 2.57. The molecule has 74 valence electrons. The Morgan fingerprint density at radius 3 is 3.00 bits per heavy atom. The van der Waals surface area contributed by atoms with Gasteiger partial charge in [-0.2, -0.15) is 0 Å². The molecule has 0 saturated heterocycles. The number of carbonyl (C=O) groups is 1. The third-order valence-corrected chi connectivity index (χ3v) is 2.57. The molecule has 1 aliphatic rings. The minimum Gasteiger partial charge on any atom is -0.374 e. The number of Topliss-reactive ketones (excluding diaryl/α,β-unsaturated/α-hetero) is 1. The summed E-state index contributed by atoms with van der Waals surface area (Å²) in [5.74, 6) is -0.295. The minimum atomic E-state index is -0.340. The summed E-state index contributed by atoms with van der Waals surface area (Å²) in [7, 11) is 1.93. The van der Waals surface area contributed by atoms with Gasteiger partial charge < -0.3 is 4.90 Å². The lowest BCUT2D eigenvalue weighted by atomic mass is 10.1. The van der Waals surface area contributed by atoms with Crippen molar-refractivity contribution in [2.75, 3.05) is 18.5 Å². The van der Waals surface area contributed by atoms with Gasteiger partial charge in [0.15, 0.2) is 5.78 Å². The van der Waals surface area contributed by atoms with Gasteiger partial charge >= 0.3 is 0 Å². The predicted molar refractivity (Wildman–Crippen MR) is 53.2 cm³/mol. The van der Waals surface area contributed by atoms with Crippen LogP contribution in [0.5, 0.6) is 0 Å². The molecule has 0 unspecified atom stereocenters. The Morgan fingerprint density at radius 2 is 2.21 bits per heavy atom. The summed E-state index contributed by atoms with van der Waals surface area (Å²) in [6, 6.07) is 4.40. The van der Waals surface area contributed by atoms with E-state index in [0.717, 1.165) is 18.7 Å². The van der Waals surface area contributed by atoms with Crippen LogP contribution in [0.2, 0.25) is 0 Å². The zero-order valence-electron chi connectivity index (χ0n) is 8.09. The van der Waals surface area contributed by atoms with Crippen LogP contribution in [0.15, 0.2) is 18.2 Å². The van der Waals surface area contributed by atoms with Gasteiger partial charge in [-0.05, 0) is 24.6 Å². The maximum absolute atomic E-state index is 13.0. The predicted octanol–water partition coefficient (Wildman–Crippen LogP) is 2.24. The largest absolute Gasteiger partial charge is 0.374 e. The van der Waals surface area contributed by atoms with E-state index in [4.69, 9.17) is 0 Å². The zero-order chi connectivity index (χ0) is 10.1. The Morgan fingerprint density at radius 1 is 1.43 bits per heavy atom. The van der Waals surface area contributed by atoms with Crippen LogP contribution in [0.1, 0.15) is 23.2 Å². The van der Waals surface area contributed by atoms with Crippen molar-refractivity contribution >= 4 is 11.5 Å². The molecule has 0 spiro atoms. The van der Waals surface area contributed by atoms with Gasteiger partial charge in [-0.25, -0.2) is 4.39 Å². The molecule has 0 atom stereocenters. The van der Waals surface area contributed by atoms with Gasteiger partial charge in [-0.1, -0.05) is 0 Å². The fourth-order valence-corrected chi connectivity index (χ4v) is 1.80. The molecule has 2 rings (SSSR count). The summed E-state index contributed by atoms with van der Waals surface area (Å²) in [5, 5.41) is 0. The molecule has 3 heteroatoms. The van der Waals surface area contributed by atoms with Crippen LogP contribution < -0.4 is 4.90 Å². The third kappa shape index (κ3) is 1.50. The Hall–Kier alpha value is -1.38. The smallest absolute Gasteiger partial charge is 0.165 e. The van der Waals surface area contributed by atoms with Crippen LogP contribution >= 0.6 is 0 Å². The first-order chi connectivity index (χ1) is 6.68. The highest BCUT2D eigenvalue weighted by molar-refractivity contribution is 6.01. The summed E-state index contributed by atoms with van der Waals surface area (Å²) in [6.07, 6.45) is 1.35. The molecule has 0 fully saturated rings. The number of halogens is 1. The summed E-state index contributed by atoms with van der Waals surface area (Å²) in [4.78, 5) is 13.6. The van der Waals surface area contributed by atoms with E-state index < -0.39 is 0 Å². The molecule has 0 radical (unpaired) electrons. The maximum Gasteiger partial charge on any atom is 0.165 e. The topological polar surface area (TPSA) is 20.3 Å². The van der Waals surface area contributed by atoms with Crippen LogP contribution in [-0.2, 0) is 0 Å². The summed E-state index contributed by atoms with van der Waals surface area (Å²) in [6.45, 7) is 0.852. The highest BCUT2D eigenvalue weighted by Gasteiger charge is 2.18. The molecule has 1 heterocycles. The van der Waals surface area contributed by atoms with Crippen molar-refractivity contribution in [3.05, 3.63) is 29.6 Å². The van der Waals surface area contributed by atoms with Crippen molar-refractivity contribution in [1.82, 2.24) is 0 Å². The van der Waals surface area contributed by atoms with Crippen molar-refractivity contribution < 1.29 is 9.18 Å². The second-order valence-electron chi connectivity index (χ2n) is 3.61. The Labute approximate surface area is 82.3 Å². The van der Waals surface area contributed by atoms with Gasteiger partial charge in [0.05, 0.1) is 0 Å². The van der Waals surface area contributed by atoms with E-state index in [1.807, 2.05) is 11.9 Å². The standard InChI is InChI=1S/C11H12FNO/c1-13-6-2-3-11(14)9-7-8(12)4-5-10(9)13/h4-5,7H,2-3,6H2,1H3. The van der Waals surface area contributed by atoms with Gasteiger partial charge in [0.25, 0.3) is 0 Å². The number of ketones is 1. The van der Waals surface area contributed by atoms with Crippen LogP contribution in [0.4, 0.5) is 10.1 Å². The van der Waals surface area contributed by atoms with E-state index in [2.05, 4.69) is 0 Å². The van der Waals surface area contributed by atoms with E-state index >= 15 is 0 Å². The summed E-state index contributed by atoms with van der Waals surface area (Å²) < 4.78 is 13.0. The fraction of sp³-hybridized carbons (Fsp3) is 0.364. The molecule has 1 aliphatic heterocycles. The molecule has 14 heavy (non-hydrogen) atoms. The van der Waals surface area contributed by atoms with E-state index in [1.54, 1.807) is 6.07 Å². The molecular weight excluding hydrogens is 181 g/mol. The van der Waals surface area contributed by atoms with Crippen molar-refractivity contribution in [2.24, 2.45) is 0 Å². The quantitative estimate of drug-likeness (QED) is 0.629. The van der Waals surface area contributed by atoms with E-state index in [1.165, 1.54) is 12.1 Å². The fourth-order valence-electron chi connectivity index (χ4n) is 1.80. The first-order valence-corrected chi connectivity index (χ1v) is 4.72. The number of hydrogen-bond acceptors (Lipinski definition) is 2. The van der Waals surface area contributed by atoms with Gasteiger partial charge in [0, 0.05) is 31.3 Å². The minimum absolute atomic E-state index is 0.0452. The van der Waals surface area contributed by atoms with E-state index in [-0.39, 0.29) is 11.6 Å². The van der Waals surface area contributed by atoms with Crippen molar-refractivity contribution in [2.45, 2.75) is 12.8 Å². The average molecular weight is 193 g/mol. The number of fused-ring (bicyclic) bond motifs is 1. The van der Waals surface area contributed by atoms with Crippen molar-refractivity contribution in [3.63, 3.8) is 0 Å². The van der Waals surface area contributed by atoms with E-state index in [9.17, 15) is 9.18 Å². The summed E-state index contributed by atoms with van der Waals surface area (Å²) >= 11 is 0. The molecule has 0 N–H and O–H groups in total. The van der Waals surface area contributed by atoms with Gasteiger partial charge in [0.2, 0.25) is 0 Å². The maximum atomic E-state index is 13.0. The lowest BCUT2D eigenvalue weighted by molar-refractivity contribution is 0.0983. The van der Waals surface area contributed by atoms with Crippen LogP contribution in [0, 0.1) is 5.82 Å². The first kappa shape index (κ1) is 9.19. The van der Waals surface area contributed by atoms with Crippen LogP contribution in [-0.4, -0.2) is 19.4 Å². The Bertz CT molecular complexity index is 376. The average Bonchev–Trinajstić information content (AvgIpc) is 2.28.